The Hall–Kier alpha value is -2.69. The number of anilines is 2. The van der Waals surface area contributed by atoms with Crippen LogP contribution in [0.4, 0.5) is 11.6 Å². The molecule has 1 aliphatic rings. The van der Waals surface area contributed by atoms with Crippen LogP contribution in [0.5, 0.6) is 0 Å². The Morgan fingerprint density at radius 2 is 1.96 bits per heavy atom. The fourth-order valence-electron chi connectivity index (χ4n) is 3.04. The molecule has 3 heterocycles. The molecule has 0 atom stereocenters. The van der Waals surface area contributed by atoms with Crippen LogP contribution in [0, 0.1) is 6.92 Å². The molecule has 0 unspecified atom stereocenters. The number of fused-ring (bicyclic) bond motifs is 1. The van der Waals surface area contributed by atoms with Crippen LogP contribution in [0.15, 0.2) is 41.5 Å². The average molecular weight is 320 g/mol. The third-order valence-corrected chi connectivity index (χ3v) is 4.51. The molecule has 1 fully saturated rings. The van der Waals surface area contributed by atoms with Gasteiger partial charge in [0.2, 0.25) is 0 Å². The summed E-state index contributed by atoms with van der Waals surface area (Å²) in [5.41, 5.74) is 3.10. The van der Waals surface area contributed by atoms with Gasteiger partial charge in [-0.05, 0) is 50.3 Å². The molecule has 1 saturated carbocycles. The van der Waals surface area contributed by atoms with Gasteiger partial charge in [-0.1, -0.05) is 6.07 Å². The van der Waals surface area contributed by atoms with E-state index >= 15 is 0 Å². The summed E-state index contributed by atoms with van der Waals surface area (Å²) in [7, 11) is 0. The number of nitrogens with zero attached hydrogens (tertiary/aromatic N) is 3. The number of aryl methyl sites for hydroxylation is 2. The summed E-state index contributed by atoms with van der Waals surface area (Å²) in [6.07, 6.45) is 5.89. The molecule has 1 aliphatic carbocycles. The van der Waals surface area contributed by atoms with E-state index in [2.05, 4.69) is 15.3 Å². The van der Waals surface area contributed by atoms with Crippen molar-refractivity contribution in [3.63, 3.8) is 0 Å². The Labute approximate surface area is 140 Å². The van der Waals surface area contributed by atoms with Gasteiger partial charge in [0.1, 0.15) is 11.6 Å². The fraction of sp³-hybridized carbons (Fsp3) is 0.316. The Morgan fingerprint density at radius 3 is 2.62 bits per heavy atom. The third kappa shape index (κ3) is 2.66. The lowest BCUT2D eigenvalue weighted by atomic mass is 10.1. The number of rotatable bonds is 4. The predicted octanol–water partition coefficient (Wildman–Crippen LogP) is 3.74. The third-order valence-electron chi connectivity index (χ3n) is 4.51. The van der Waals surface area contributed by atoms with Crippen molar-refractivity contribution in [2.75, 3.05) is 5.32 Å². The maximum Gasteiger partial charge on any atom is 0.254 e. The fourth-order valence-corrected chi connectivity index (χ4v) is 3.04. The average Bonchev–Trinajstić information content (AvgIpc) is 3.41. The van der Waals surface area contributed by atoms with Crippen LogP contribution < -0.4 is 10.9 Å². The molecular formula is C19H20N4O. The van der Waals surface area contributed by atoms with E-state index in [-0.39, 0.29) is 5.56 Å². The molecule has 0 amide bonds. The monoisotopic (exact) mass is 320 g/mol. The molecule has 4 rings (SSSR count). The summed E-state index contributed by atoms with van der Waals surface area (Å²) in [4.78, 5) is 21.5. The lowest BCUT2D eigenvalue weighted by Gasteiger charge is -2.12. The Balaban J connectivity index is 1.78. The molecule has 0 aromatic carbocycles. The molecule has 5 nitrogen and oxygen atoms in total. The van der Waals surface area contributed by atoms with Gasteiger partial charge >= 0.3 is 0 Å². The van der Waals surface area contributed by atoms with Gasteiger partial charge in [-0.15, -0.1) is 0 Å². The molecular weight excluding hydrogens is 300 g/mol. The summed E-state index contributed by atoms with van der Waals surface area (Å²) in [5, 5.41) is 4.22. The maximum absolute atomic E-state index is 12.7. The van der Waals surface area contributed by atoms with Crippen LogP contribution in [-0.4, -0.2) is 14.5 Å². The molecule has 3 aromatic rings. The van der Waals surface area contributed by atoms with Gasteiger partial charge in [-0.2, -0.15) is 0 Å². The van der Waals surface area contributed by atoms with Gasteiger partial charge in [-0.3, -0.25) is 4.79 Å². The summed E-state index contributed by atoms with van der Waals surface area (Å²) in [6.45, 7) is 4.66. The first-order chi connectivity index (χ1) is 11.7. The zero-order chi connectivity index (χ0) is 16.7. The second kappa shape index (κ2) is 5.74. The van der Waals surface area contributed by atoms with Crippen LogP contribution >= 0.6 is 0 Å². The molecule has 0 saturated heterocycles. The van der Waals surface area contributed by atoms with E-state index in [1.54, 1.807) is 0 Å². The van der Waals surface area contributed by atoms with E-state index in [0.29, 0.717) is 18.3 Å². The van der Waals surface area contributed by atoms with Gasteiger partial charge in [0.05, 0.1) is 5.52 Å². The molecule has 3 aromatic heterocycles. The highest BCUT2D eigenvalue weighted by molar-refractivity contribution is 5.82. The first-order valence-electron chi connectivity index (χ1n) is 8.39. The lowest BCUT2D eigenvalue weighted by molar-refractivity contribution is 0.746. The first-order valence-corrected chi connectivity index (χ1v) is 8.39. The quantitative estimate of drug-likeness (QED) is 0.795. The van der Waals surface area contributed by atoms with Crippen molar-refractivity contribution in [1.82, 2.24) is 14.5 Å². The number of hydrogen-bond donors (Lipinski definition) is 1. The van der Waals surface area contributed by atoms with E-state index in [1.807, 2.05) is 55.1 Å². The summed E-state index contributed by atoms with van der Waals surface area (Å²) >= 11 is 0. The summed E-state index contributed by atoms with van der Waals surface area (Å²) < 4.78 is 1.85. The summed E-state index contributed by atoms with van der Waals surface area (Å²) in [5.74, 6) is 1.88. The number of aromatic nitrogens is 3. The van der Waals surface area contributed by atoms with Crippen LogP contribution in [0.3, 0.4) is 0 Å². The Kier molecular flexibility index (Phi) is 3.56. The second-order valence-electron chi connectivity index (χ2n) is 6.40. The number of nitrogens with one attached hydrogen (secondary N) is 1. The van der Waals surface area contributed by atoms with Crippen molar-refractivity contribution in [2.24, 2.45) is 0 Å². The van der Waals surface area contributed by atoms with Crippen molar-refractivity contribution < 1.29 is 0 Å². The van der Waals surface area contributed by atoms with Crippen LogP contribution in [-0.2, 0) is 6.54 Å². The zero-order valence-electron chi connectivity index (χ0n) is 13.9. The minimum Gasteiger partial charge on any atom is -0.325 e. The van der Waals surface area contributed by atoms with E-state index in [1.165, 1.54) is 0 Å². The molecule has 1 N–H and O–H groups in total. The molecule has 0 bridgehead atoms. The van der Waals surface area contributed by atoms with Crippen molar-refractivity contribution in [1.29, 1.82) is 0 Å². The highest BCUT2D eigenvalue weighted by Crippen LogP contribution is 2.39. The van der Waals surface area contributed by atoms with Gasteiger partial charge in [0.25, 0.3) is 5.56 Å². The summed E-state index contributed by atoms with van der Waals surface area (Å²) in [6, 6.07) is 7.87. The first kappa shape index (κ1) is 14.9. The lowest BCUT2D eigenvalue weighted by Crippen LogP contribution is -2.23. The molecule has 122 valence electrons. The van der Waals surface area contributed by atoms with E-state index in [4.69, 9.17) is 0 Å². The van der Waals surface area contributed by atoms with Crippen LogP contribution in [0.25, 0.3) is 10.9 Å². The molecule has 24 heavy (non-hydrogen) atoms. The Morgan fingerprint density at radius 1 is 1.17 bits per heavy atom. The van der Waals surface area contributed by atoms with Gasteiger partial charge in [0.15, 0.2) is 0 Å². The smallest absolute Gasteiger partial charge is 0.254 e. The van der Waals surface area contributed by atoms with Crippen molar-refractivity contribution >= 4 is 22.5 Å². The highest BCUT2D eigenvalue weighted by Gasteiger charge is 2.27. The predicted molar refractivity (Wildman–Crippen MR) is 95.9 cm³/mol. The van der Waals surface area contributed by atoms with Crippen LogP contribution in [0.2, 0.25) is 0 Å². The zero-order valence-corrected chi connectivity index (χ0v) is 13.9. The van der Waals surface area contributed by atoms with E-state index in [0.717, 1.165) is 40.7 Å². The van der Waals surface area contributed by atoms with Gasteiger partial charge in [0, 0.05) is 36.0 Å². The number of pyridine rings is 3. The standard InChI is InChI=1S/C19H20N4O/c1-3-23-16-9-18(22-17-7-4-12(2)10-20-17)21-11-14(16)8-15(19(23)24)13-5-6-13/h4,7-11,13H,3,5-6H2,1-2H3,(H,20,21,22). The minimum atomic E-state index is 0.137. The number of hydrogen-bond acceptors (Lipinski definition) is 4. The van der Waals surface area contributed by atoms with E-state index in [9.17, 15) is 4.79 Å². The minimum absolute atomic E-state index is 0.137. The molecule has 0 aliphatic heterocycles. The van der Waals surface area contributed by atoms with Crippen molar-refractivity contribution in [2.45, 2.75) is 39.2 Å². The van der Waals surface area contributed by atoms with Crippen molar-refractivity contribution in [3.8, 4) is 0 Å². The van der Waals surface area contributed by atoms with Gasteiger partial charge < -0.3 is 9.88 Å². The largest absolute Gasteiger partial charge is 0.325 e. The Bertz CT molecular complexity index is 956. The molecule has 0 radical (unpaired) electrons. The highest BCUT2D eigenvalue weighted by atomic mass is 16.1. The molecule has 5 heteroatoms. The van der Waals surface area contributed by atoms with Crippen LogP contribution in [0.1, 0.15) is 36.8 Å². The SMILES string of the molecule is CCn1c(=O)c(C2CC2)cc2cnc(Nc3ccc(C)cn3)cc21. The second-order valence-corrected chi connectivity index (χ2v) is 6.40. The van der Waals surface area contributed by atoms with Crippen molar-refractivity contribution in [3.05, 3.63) is 58.1 Å². The van der Waals surface area contributed by atoms with Gasteiger partial charge in [-0.25, -0.2) is 9.97 Å². The van der Waals surface area contributed by atoms with E-state index < -0.39 is 0 Å². The topological polar surface area (TPSA) is 59.8 Å². The maximum atomic E-state index is 12.7. The normalized spacial score (nSPS) is 14.1. The molecule has 0 spiro atoms.